The van der Waals surface area contributed by atoms with E-state index in [9.17, 15) is 0 Å². The maximum absolute atomic E-state index is 7.99. The molecule has 0 fully saturated rings. The van der Waals surface area contributed by atoms with E-state index < -0.39 is 6.98 Å². The van der Waals surface area contributed by atoms with E-state index in [1.54, 1.807) is 10.6 Å². The maximum atomic E-state index is 7.99. The predicted molar refractivity (Wildman–Crippen MR) is 172 cm³/mol. The number of ether oxygens (including phenoxy) is 1. The molecule has 7 nitrogen and oxygen atoms in total. The molecule has 4 aromatic heterocycles. The normalized spacial score (nSPS) is 13.2. The number of benzene rings is 4. The number of hydrogen-bond acceptors (Lipinski definition) is 3. The van der Waals surface area contributed by atoms with Crippen molar-refractivity contribution in [3.8, 4) is 23.0 Å². The van der Waals surface area contributed by atoms with E-state index in [1.165, 1.54) is 4.57 Å². The molecule has 0 unspecified atom stereocenters. The fraction of sp³-hybridized carbons (Fsp3) is 0.162. The number of para-hydroxylation sites is 3. The topological polar surface area (TPSA) is 53.2 Å². The van der Waals surface area contributed by atoms with Gasteiger partial charge in [-0.1, -0.05) is 62.9 Å². The minimum absolute atomic E-state index is 0. The van der Waals surface area contributed by atoms with Crippen LogP contribution >= 0.6 is 0 Å². The van der Waals surface area contributed by atoms with Gasteiger partial charge in [-0.3, -0.25) is 4.57 Å². The quantitative estimate of drug-likeness (QED) is 0.139. The molecule has 0 aliphatic rings. The number of aryl methyl sites for hydroxylation is 2. The minimum atomic E-state index is -2.39. The van der Waals surface area contributed by atoms with Gasteiger partial charge in [-0.05, 0) is 52.7 Å². The van der Waals surface area contributed by atoms with E-state index in [0.29, 0.717) is 28.2 Å². The molecule has 226 valence electrons. The summed E-state index contributed by atoms with van der Waals surface area (Å²) >= 11 is 0. The molecular weight excluding hydrogens is 740 g/mol. The Hall–Kier alpha value is -4.74. The van der Waals surface area contributed by atoms with Crippen molar-refractivity contribution in [2.45, 2.75) is 33.1 Å². The van der Waals surface area contributed by atoms with E-state index in [2.05, 4.69) is 68.8 Å². The Labute approximate surface area is 279 Å². The first-order valence-corrected chi connectivity index (χ1v) is 14.4. The average Bonchev–Trinajstić information content (AvgIpc) is 3.70. The van der Waals surface area contributed by atoms with Gasteiger partial charge in [0.1, 0.15) is 5.82 Å². The van der Waals surface area contributed by atoms with Crippen molar-refractivity contribution in [1.29, 1.82) is 0 Å². The number of fused-ring (bicyclic) bond motifs is 6. The Morgan fingerprint density at radius 2 is 1.67 bits per heavy atom. The van der Waals surface area contributed by atoms with Gasteiger partial charge < -0.3 is 18.3 Å². The molecule has 8 aromatic rings. The molecule has 0 bridgehead atoms. The van der Waals surface area contributed by atoms with Gasteiger partial charge >= 0.3 is 0 Å². The van der Waals surface area contributed by atoms with Crippen LogP contribution in [0.25, 0.3) is 50.4 Å². The Kier molecular flexibility index (Phi) is 6.08. The molecule has 0 radical (unpaired) electrons. The second kappa shape index (κ2) is 10.7. The van der Waals surface area contributed by atoms with Crippen molar-refractivity contribution >= 4 is 38.9 Å². The number of imidazole rings is 3. The van der Waals surface area contributed by atoms with Crippen LogP contribution in [0.15, 0.2) is 91.1 Å². The van der Waals surface area contributed by atoms with Gasteiger partial charge in [-0.15, -0.1) is 30.3 Å². The summed E-state index contributed by atoms with van der Waals surface area (Å²) in [6, 6.07) is 33.8. The summed E-state index contributed by atoms with van der Waals surface area (Å²) in [4.78, 5) is 9.88. The van der Waals surface area contributed by atoms with Crippen molar-refractivity contribution in [3.63, 3.8) is 0 Å². The molecule has 8 rings (SSSR count). The van der Waals surface area contributed by atoms with E-state index in [1.807, 2.05) is 71.4 Å². The molecule has 0 saturated carbocycles. The van der Waals surface area contributed by atoms with Crippen LogP contribution in [0, 0.1) is 25.4 Å². The molecular formula is C37H30N6OPt-2. The molecule has 0 spiro atoms. The molecule has 4 aromatic carbocycles. The predicted octanol–water partition coefficient (Wildman–Crippen LogP) is 7.39. The molecule has 8 heteroatoms. The summed E-state index contributed by atoms with van der Waals surface area (Å²) in [5.41, 5.74) is 7.64. The maximum Gasteiger partial charge on any atom is 0.242 e. The average molecular weight is 773 g/mol. The standard InChI is InChI=1S/C37H30N6O.Pt/c1-24-10-8-15-32-35(24)39-36-42(32)31-17-16-28(22-33(31)43(36)34-20-25(18-19-38-34)37(2,3)4)44-27-12-9-11-26(21-27)41-23-40(5)29-13-6-7-14-30(29)41;/h6-20H,1-5H3;/q-2;/i5D3;. The summed E-state index contributed by atoms with van der Waals surface area (Å²) in [6.45, 7) is 6.23. The van der Waals surface area contributed by atoms with Crippen molar-refractivity contribution in [2.24, 2.45) is 6.98 Å². The van der Waals surface area contributed by atoms with E-state index >= 15 is 0 Å². The summed E-state index contributed by atoms with van der Waals surface area (Å²) in [6.07, 6.45) is 4.83. The Bertz CT molecular complexity index is 2500. The molecule has 0 amide bonds. The van der Waals surface area contributed by atoms with Crippen molar-refractivity contribution in [3.05, 3.63) is 121 Å². The van der Waals surface area contributed by atoms with Gasteiger partial charge in [0.05, 0.1) is 33.2 Å². The Balaban J connectivity index is 0.00000364. The van der Waals surface area contributed by atoms with Crippen LogP contribution in [0.2, 0.25) is 0 Å². The van der Waals surface area contributed by atoms with Crippen molar-refractivity contribution in [1.82, 2.24) is 23.5 Å². The van der Waals surface area contributed by atoms with Gasteiger partial charge in [0.2, 0.25) is 12.1 Å². The van der Waals surface area contributed by atoms with Crippen LogP contribution < -0.4 is 9.30 Å². The van der Waals surface area contributed by atoms with E-state index in [4.69, 9.17) is 18.8 Å². The zero-order valence-electron chi connectivity index (χ0n) is 28.1. The van der Waals surface area contributed by atoms with Crippen LogP contribution in [0.5, 0.6) is 11.5 Å². The van der Waals surface area contributed by atoms with Crippen LogP contribution in [0.4, 0.5) is 0 Å². The van der Waals surface area contributed by atoms with Gasteiger partial charge in [-0.2, -0.15) is 12.1 Å². The summed E-state index contributed by atoms with van der Waals surface area (Å²) in [5, 5.41) is 0. The van der Waals surface area contributed by atoms with E-state index in [-0.39, 0.29) is 26.5 Å². The van der Waals surface area contributed by atoms with Crippen molar-refractivity contribution in [2.75, 3.05) is 0 Å². The van der Waals surface area contributed by atoms with Crippen LogP contribution in [0.1, 0.15) is 36.0 Å². The van der Waals surface area contributed by atoms with Crippen LogP contribution in [0.3, 0.4) is 0 Å². The minimum Gasteiger partial charge on any atom is -0.510 e. The number of aromatic nitrogens is 6. The molecule has 0 aliphatic carbocycles. The fourth-order valence-corrected chi connectivity index (χ4v) is 5.78. The third-order valence-corrected chi connectivity index (χ3v) is 8.03. The zero-order chi connectivity index (χ0) is 32.7. The van der Waals surface area contributed by atoms with Crippen LogP contribution in [-0.2, 0) is 33.5 Å². The first kappa shape index (κ1) is 25.6. The molecule has 0 aliphatic heterocycles. The van der Waals surface area contributed by atoms with Gasteiger partial charge in [0.25, 0.3) is 0 Å². The zero-order valence-corrected chi connectivity index (χ0v) is 27.3. The molecule has 4 heterocycles. The van der Waals surface area contributed by atoms with Gasteiger partial charge in [0.15, 0.2) is 0 Å². The first-order chi connectivity index (χ1) is 22.5. The fourth-order valence-electron chi connectivity index (χ4n) is 5.78. The van der Waals surface area contributed by atoms with Gasteiger partial charge in [-0.25, -0.2) is 9.97 Å². The summed E-state index contributed by atoms with van der Waals surface area (Å²) in [7, 11) is 0. The second-order valence-electron chi connectivity index (χ2n) is 12.0. The largest absolute Gasteiger partial charge is 0.510 e. The Morgan fingerprint density at radius 3 is 2.51 bits per heavy atom. The number of nitrogens with zero attached hydrogens (tertiary/aromatic N) is 6. The number of hydrogen-bond donors (Lipinski definition) is 0. The van der Waals surface area contributed by atoms with E-state index in [0.717, 1.165) is 44.8 Å². The van der Waals surface area contributed by atoms with Crippen molar-refractivity contribution < 1.29 is 34.5 Å². The molecule has 45 heavy (non-hydrogen) atoms. The second-order valence-corrected chi connectivity index (χ2v) is 12.0. The monoisotopic (exact) mass is 772 g/mol. The Morgan fingerprint density at radius 1 is 0.867 bits per heavy atom. The third kappa shape index (κ3) is 4.74. The molecule has 0 N–H and O–H groups in total. The smallest absolute Gasteiger partial charge is 0.242 e. The summed E-state index contributed by atoms with van der Waals surface area (Å²) < 4.78 is 37.4. The third-order valence-electron chi connectivity index (χ3n) is 8.03. The SMILES string of the molecule is [2H]C([2H])([2H])[n+]1[c-]n(-c2[c-]c(Oc3[c-]c4c(cc3)n3c5cccc(C)c5nc3n4-c3cc(C(C)(C)C)ccn3)ccc2)c2ccccc21.[Pt]. The first-order valence-electron chi connectivity index (χ1n) is 15.9. The summed E-state index contributed by atoms with van der Waals surface area (Å²) in [5.74, 6) is 2.41. The van der Waals surface area contributed by atoms with Gasteiger partial charge in [0, 0.05) is 38.8 Å². The van der Waals surface area contributed by atoms with Crippen LogP contribution in [-0.4, -0.2) is 23.5 Å². The molecule has 0 atom stereocenters. The molecule has 0 saturated heterocycles. The number of rotatable bonds is 4. The number of pyridine rings is 1.